The molecule has 0 spiro atoms. The number of benzene rings is 1. The normalized spacial score (nSPS) is 10.7. The molecule has 0 saturated carbocycles. The van der Waals surface area contributed by atoms with Gasteiger partial charge < -0.3 is 10.5 Å². The van der Waals surface area contributed by atoms with Gasteiger partial charge in [-0.15, -0.1) is 0 Å². The van der Waals surface area contributed by atoms with E-state index in [9.17, 15) is 0 Å². The molecule has 2 rings (SSSR count). The molecule has 0 bridgehead atoms. The van der Waals surface area contributed by atoms with Crippen LogP contribution < -0.4 is 10.5 Å². The van der Waals surface area contributed by atoms with Gasteiger partial charge in [0.15, 0.2) is 0 Å². The Morgan fingerprint density at radius 1 is 1.39 bits per heavy atom. The van der Waals surface area contributed by atoms with E-state index >= 15 is 0 Å². The summed E-state index contributed by atoms with van der Waals surface area (Å²) in [5, 5.41) is 4.48. The molecule has 0 saturated heterocycles. The molecule has 18 heavy (non-hydrogen) atoms. The zero-order valence-electron chi connectivity index (χ0n) is 11.3. The average molecular weight is 245 g/mol. The van der Waals surface area contributed by atoms with Crippen LogP contribution in [0, 0.1) is 6.92 Å². The number of ether oxygens (including phenoxy) is 1. The van der Waals surface area contributed by atoms with E-state index in [0.29, 0.717) is 5.82 Å². The Labute approximate surface area is 107 Å². The predicted octanol–water partition coefficient (Wildman–Crippen LogP) is 2.55. The van der Waals surface area contributed by atoms with Crippen LogP contribution in [0.2, 0.25) is 0 Å². The summed E-state index contributed by atoms with van der Waals surface area (Å²) in [6.07, 6.45) is 0.984. The first-order valence-electron chi connectivity index (χ1n) is 6.04. The van der Waals surface area contributed by atoms with Crippen molar-refractivity contribution in [1.29, 1.82) is 0 Å². The Hall–Kier alpha value is -1.97. The van der Waals surface area contributed by atoms with Gasteiger partial charge in [-0.3, -0.25) is 4.68 Å². The lowest BCUT2D eigenvalue weighted by atomic mass is 10.0. The summed E-state index contributed by atoms with van der Waals surface area (Å²) in [5.41, 5.74) is 10.1. The van der Waals surface area contributed by atoms with Crippen LogP contribution in [0.15, 0.2) is 18.2 Å². The number of hydrogen-bond acceptors (Lipinski definition) is 3. The first-order chi connectivity index (χ1) is 8.58. The highest BCUT2D eigenvalue weighted by atomic mass is 16.5. The number of hydrogen-bond donors (Lipinski definition) is 1. The first-order valence-corrected chi connectivity index (χ1v) is 6.04. The van der Waals surface area contributed by atoms with E-state index in [0.717, 1.165) is 29.0 Å². The van der Waals surface area contributed by atoms with Crippen LogP contribution in [0.1, 0.15) is 18.1 Å². The zero-order chi connectivity index (χ0) is 13.3. The third-order valence-corrected chi connectivity index (χ3v) is 3.27. The van der Waals surface area contributed by atoms with Crippen molar-refractivity contribution in [2.75, 3.05) is 12.8 Å². The topological polar surface area (TPSA) is 53.1 Å². The van der Waals surface area contributed by atoms with Crippen LogP contribution >= 0.6 is 0 Å². The number of rotatable bonds is 3. The average Bonchev–Trinajstić information content (AvgIpc) is 2.65. The molecular weight excluding hydrogens is 226 g/mol. The molecule has 2 N–H and O–H groups in total. The molecule has 96 valence electrons. The fourth-order valence-electron chi connectivity index (χ4n) is 2.06. The van der Waals surface area contributed by atoms with E-state index in [4.69, 9.17) is 10.5 Å². The van der Waals surface area contributed by atoms with Crippen molar-refractivity contribution in [2.24, 2.45) is 7.05 Å². The molecular formula is C14H19N3O. The number of nitrogens with zero attached hydrogens (tertiary/aromatic N) is 2. The zero-order valence-corrected chi connectivity index (χ0v) is 11.3. The van der Waals surface area contributed by atoms with Crippen molar-refractivity contribution < 1.29 is 4.74 Å². The number of nitrogens with two attached hydrogens (primary N) is 1. The molecule has 2 aromatic rings. The summed E-state index contributed by atoms with van der Waals surface area (Å²) in [6, 6.07) is 6.18. The molecule has 1 heterocycles. The monoisotopic (exact) mass is 245 g/mol. The summed E-state index contributed by atoms with van der Waals surface area (Å²) >= 11 is 0. The molecule has 4 heteroatoms. The SMILES string of the molecule is CCc1ccc(OC)c(-c2nn(C)c(N)c2C)c1. The van der Waals surface area contributed by atoms with Crippen molar-refractivity contribution >= 4 is 5.82 Å². The minimum absolute atomic E-state index is 0.689. The van der Waals surface area contributed by atoms with E-state index in [2.05, 4.69) is 24.2 Å². The number of nitrogen functional groups attached to an aromatic ring is 1. The van der Waals surface area contributed by atoms with Gasteiger partial charge in [0.05, 0.1) is 7.11 Å². The Balaban J connectivity index is 2.64. The Morgan fingerprint density at radius 2 is 2.11 bits per heavy atom. The maximum absolute atomic E-state index is 5.96. The van der Waals surface area contributed by atoms with Gasteiger partial charge in [0.2, 0.25) is 0 Å². The standard InChI is InChI=1S/C14H19N3O/c1-5-10-6-7-12(18-4)11(8-10)13-9(2)14(15)17(3)16-13/h6-8H,5,15H2,1-4H3. The number of aryl methyl sites for hydroxylation is 2. The quantitative estimate of drug-likeness (QED) is 0.904. The second-order valence-electron chi connectivity index (χ2n) is 4.37. The summed E-state index contributed by atoms with van der Waals surface area (Å²) in [4.78, 5) is 0. The van der Waals surface area contributed by atoms with E-state index in [1.165, 1.54) is 5.56 Å². The Morgan fingerprint density at radius 3 is 2.61 bits per heavy atom. The van der Waals surface area contributed by atoms with Crippen molar-refractivity contribution in [2.45, 2.75) is 20.3 Å². The van der Waals surface area contributed by atoms with Gasteiger partial charge in [-0.05, 0) is 31.0 Å². The molecule has 0 fully saturated rings. The second kappa shape index (κ2) is 4.72. The predicted molar refractivity (Wildman–Crippen MR) is 73.7 cm³/mol. The number of anilines is 1. The molecule has 0 unspecified atom stereocenters. The molecule has 0 radical (unpaired) electrons. The Bertz CT molecular complexity index is 573. The summed E-state index contributed by atoms with van der Waals surface area (Å²) in [7, 11) is 3.52. The highest BCUT2D eigenvalue weighted by Gasteiger charge is 2.15. The third-order valence-electron chi connectivity index (χ3n) is 3.27. The fourth-order valence-corrected chi connectivity index (χ4v) is 2.06. The lowest BCUT2D eigenvalue weighted by molar-refractivity contribution is 0.416. The smallest absolute Gasteiger partial charge is 0.128 e. The summed E-state index contributed by atoms with van der Waals surface area (Å²) in [6.45, 7) is 4.11. The largest absolute Gasteiger partial charge is 0.496 e. The highest BCUT2D eigenvalue weighted by Crippen LogP contribution is 2.34. The van der Waals surface area contributed by atoms with Crippen molar-refractivity contribution in [3.05, 3.63) is 29.3 Å². The Kier molecular flexibility index (Phi) is 3.28. The van der Waals surface area contributed by atoms with E-state index in [-0.39, 0.29) is 0 Å². The first kappa shape index (κ1) is 12.5. The van der Waals surface area contributed by atoms with Gasteiger partial charge in [-0.25, -0.2) is 0 Å². The molecule has 1 aromatic heterocycles. The van der Waals surface area contributed by atoms with Crippen LogP contribution in [0.5, 0.6) is 5.75 Å². The van der Waals surface area contributed by atoms with Gasteiger partial charge in [0, 0.05) is 18.2 Å². The molecule has 1 aromatic carbocycles. The van der Waals surface area contributed by atoms with E-state index in [1.807, 2.05) is 20.0 Å². The third kappa shape index (κ3) is 1.94. The number of aromatic nitrogens is 2. The molecule has 0 aliphatic carbocycles. The minimum atomic E-state index is 0.689. The maximum atomic E-state index is 5.96. The minimum Gasteiger partial charge on any atom is -0.496 e. The molecule has 0 atom stereocenters. The van der Waals surface area contributed by atoms with Crippen LogP contribution in [0.3, 0.4) is 0 Å². The second-order valence-corrected chi connectivity index (χ2v) is 4.37. The maximum Gasteiger partial charge on any atom is 0.128 e. The lowest BCUT2D eigenvalue weighted by Crippen LogP contribution is -1.97. The van der Waals surface area contributed by atoms with Crippen molar-refractivity contribution in [3.8, 4) is 17.0 Å². The van der Waals surface area contributed by atoms with Crippen LogP contribution in [0.25, 0.3) is 11.3 Å². The molecule has 4 nitrogen and oxygen atoms in total. The highest BCUT2D eigenvalue weighted by molar-refractivity contribution is 5.73. The molecule has 0 aliphatic heterocycles. The van der Waals surface area contributed by atoms with Crippen LogP contribution in [-0.2, 0) is 13.5 Å². The number of methoxy groups -OCH3 is 1. The fraction of sp³-hybridized carbons (Fsp3) is 0.357. The van der Waals surface area contributed by atoms with Crippen molar-refractivity contribution in [3.63, 3.8) is 0 Å². The van der Waals surface area contributed by atoms with E-state index in [1.54, 1.807) is 11.8 Å². The van der Waals surface area contributed by atoms with Crippen molar-refractivity contribution in [1.82, 2.24) is 9.78 Å². The molecule has 0 aliphatic rings. The van der Waals surface area contributed by atoms with Gasteiger partial charge >= 0.3 is 0 Å². The van der Waals surface area contributed by atoms with Gasteiger partial charge in [0.1, 0.15) is 17.3 Å². The summed E-state index contributed by atoms with van der Waals surface area (Å²) in [5.74, 6) is 1.52. The van der Waals surface area contributed by atoms with Crippen LogP contribution in [-0.4, -0.2) is 16.9 Å². The van der Waals surface area contributed by atoms with Gasteiger partial charge in [0.25, 0.3) is 0 Å². The molecule has 0 amide bonds. The van der Waals surface area contributed by atoms with Gasteiger partial charge in [-0.1, -0.05) is 13.0 Å². The van der Waals surface area contributed by atoms with Gasteiger partial charge in [-0.2, -0.15) is 5.10 Å². The van der Waals surface area contributed by atoms with Crippen LogP contribution in [0.4, 0.5) is 5.82 Å². The summed E-state index contributed by atoms with van der Waals surface area (Å²) < 4.78 is 7.11. The van der Waals surface area contributed by atoms with E-state index < -0.39 is 0 Å². The lowest BCUT2D eigenvalue weighted by Gasteiger charge is -2.09.